The number of nitrogens with one attached hydrogen (secondary N) is 1. The quantitative estimate of drug-likeness (QED) is 0.309. The van der Waals surface area contributed by atoms with E-state index in [1.54, 1.807) is 12.1 Å². The molecule has 0 spiro atoms. The van der Waals surface area contributed by atoms with Gasteiger partial charge in [-0.2, -0.15) is 0 Å². The molecule has 1 aliphatic heterocycles. The number of barbiturate groups is 1. The maximum Gasteiger partial charge on any atom is 0.341 e. The van der Waals surface area contributed by atoms with Crippen LogP contribution in [0.4, 0.5) is 10.5 Å². The van der Waals surface area contributed by atoms with E-state index >= 15 is 0 Å². The first-order valence-corrected chi connectivity index (χ1v) is 11.5. The van der Waals surface area contributed by atoms with Gasteiger partial charge in [-0.1, -0.05) is 41.9 Å². The minimum absolute atomic E-state index is 0.000130. The number of hydrogen-bond donors (Lipinski definition) is 2. The first kappa shape index (κ1) is 26.2. The van der Waals surface area contributed by atoms with Crippen LogP contribution in [0.1, 0.15) is 11.1 Å². The first-order valence-electron chi connectivity index (χ1n) is 11.2. The van der Waals surface area contributed by atoms with Crippen molar-refractivity contribution in [2.24, 2.45) is 0 Å². The van der Waals surface area contributed by atoms with Crippen LogP contribution in [-0.4, -0.2) is 42.6 Å². The van der Waals surface area contributed by atoms with Crippen LogP contribution in [0.5, 0.6) is 17.2 Å². The molecule has 1 saturated heterocycles. The summed E-state index contributed by atoms with van der Waals surface area (Å²) in [6, 6.07) is 17.7. The van der Waals surface area contributed by atoms with Crippen molar-refractivity contribution in [2.75, 3.05) is 18.6 Å². The lowest BCUT2D eigenvalue weighted by Crippen LogP contribution is -2.54. The zero-order valence-corrected chi connectivity index (χ0v) is 20.7. The summed E-state index contributed by atoms with van der Waals surface area (Å²) in [5.41, 5.74) is 1.16. The first-order chi connectivity index (χ1) is 18.3. The van der Waals surface area contributed by atoms with Crippen LogP contribution in [0, 0.1) is 0 Å². The van der Waals surface area contributed by atoms with Crippen molar-refractivity contribution in [3.8, 4) is 17.2 Å². The van der Waals surface area contributed by atoms with Gasteiger partial charge in [0.05, 0.1) is 17.8 Å². The third kappa shape index (κ3) is 5.93. The summed E-state index contributed by atoms with van der Waals surface area (Å²) in [7, 11) is 1.32. The third-order valence-electron chi connectivity index (χ3n) is 5.35. The number of carboxylic acid groups (broad SMARTS) is 1. The van der Waals surface area contributed by atoms with Gasteiger partial charge in [0.15, 0.2) is 18.1 Å². The van der Waals surface area contributed by atoms with Gasteiger partial charge in [0, 0.05) is 0 Å². The molecule has 0 bridgehead atoms. The standard InChI is InChI=1S/C27H21ClN2O8/c1-36-22-13-17(12-21(28)24(22)38-15-23(31)32)11-20-25(33)29-27(35)30(26(20)34)18-7-9-19(10-8-18)37-14-16-5-3-2-4-6-16/h2-13H,14-15H2,1H3,(H,31,32)(H,29,33,35)/b20-11+. The maximum absolute atomic E-state index is 13.2. The molecule has 1 heterocycles. The summed E-state index contributed by atoms with van der Waals surface area (Å²) >= 11 is 6.23. The molecule has 194 valence electrons. The second kappa shape index (κ2) is 11.5. The van der Waals surface area contributed by atoms with Gasteiger partial charge < -0.3 is 19.3 Å². The molecule has 38 heavy (non-hydrogen) atoms. The van der Waals surface area contributed by atoms with Gasteiger partial charge in [0.1, 0.15) is 17.9 Å². The topological polar surface area (TPSA) is 131 Å². The van der Waals surface area contributed by atoms with Crippen LogP contribution in [0.3, 0.4) is 0 Å². The van der Waals surface area contributed by atoms with Gasteiger partial charge in [-0.3, -0.25) is 14.9 Å². The Kier molecular flexibility index (Phi) is 7.93. The molecule has 11 heteroatoms. The minimum atomic E-state index is -1.21. The van der Waals surface area contributed by atoms with Crippen molar-refractivity contribution in [1.29, 1.82) is 0 Å². The van der Waals surface area contributed by atoms with E-state index in [1.165, 1.54) is 37.5 Å². The second-order valence-electron chi connectivity index (χ2n) is 7.94. The van der Waals surface area contributed by atoms with E-state index < -0.39 is 30.4 Å². The van der Waals surface area contributed by atoms with Gasteiger partial charge in [-0.05, 0) is 53.6 Å². The molecular weight excluding hydrogens is 516 g/mol. The largest absolute Gasteiger partial charge is 0.493 e. The molecule has 3 aromatic carbocycles. The zero-order valence-electron chi connectivity index (χ0n) is 20.0. The lowest BCUT2D eigenvalue weighted by molar-refractivity contribution is -0.139. The van der Waals surface area contributed by atoms with Gasteiger partial charge in [-0.15, -0.1) is 0 Å². The highest BCUT2D eigenvalue weighted by molar-refractivity contribution is 6.39. The smallest absolute Gasteiger partial charge is 0.341 e. The summed E-state index contributed by atoms with van der Waals surface area (Å²) in [6.07, 6.45) is 1.24. The fourth-order valence-electron chi connectivity index (χ4n) is 3.59. The molecule has 1 fully saturated rings. The molecule has 0 saturated carbocycles. The number of nitrogens with zero attached hydrogens (tertiary/aromatic N) is 1. The summed E-state index contributed by atoms with van der Waals surface area (Å²) < 4.78 is 16.1. The Morgan fingerprint density at radius 3 is 2.39 bits per heavy atom. The Morgan fingerprint density at radius 2 is 1.74 bits per heavy atom. The van der Waals surface area contributed by atoms with Crippen molar-refractivity contribution < 1.29 is 38.5 Å². The van der Waals surface area contributed by atoms with Crippen molar-refractivity contribution >= 4 is 47.2 Å². The average molecular weight is 537 g/mol. The van der Waals surface area contributed by atoms with Crippen LogP contribution >= 0.6 is 11.6 Å². The Labute approximate surface area is 222 Å². The Bertz CT molecular complexity index is 1420. The maximum atomic E-state index is 13.2. The molecule has 4 amide bonds. The van der Waals surface area contributed by atoms with Crippen molar-refractivity contribution in [1.82, 2.24) is 5.32 Å². The van der Waals surface area contributed by atoms with Crippen molar-refractivity contribution in [2.45, 2.75) is 6.61 Å². The van der Waals surface area contributed by atoms with Crippen LogP contribution in [0.15, 0.2) is 72.3 Å². The van der Waals surface area contributed by atoms with Crippen molar-refractivity contribution in [3.63, 3.8) is 0 Å². The summed E-state index contributed by atoms with van der Waals surface area (Å²) in [6.45, 7) is -0.304. The Balaban J connectivity index is 1.56. The van der Waals surface area contributed by atoms with Crippen molar-refractivity contribution in [3.05, 3.63) is 88.5 Å². The number of methoxy groups -OCH3 is 1. The molecular formula is C27H21ClN2O8. The predicted molar refractivity (Wildman–Crippen MR) is 137 cm³/mol. The van der Waals surface area contributed by atoms with E-state index in [0.29, 0.717) is 12.4 Å². The third-order valence-corrected chi connectivity index (χ3v) is 5.63. The molecule has 1 aliphatic rings. The van der Waals surface area contributed by atoms with E-state index in [4.69, 9.17) is 30.9 Å². The minimum Gasteiger partial charge on any atom is -0.493 e. The number of carbonyl (C=O) groups is 4. The number of urea groups is 1. The summed E-state index contributed by atoms with van der Waals surface area (Å²) in [5, 5.41) is 11.0. The number of hydrogen-bond acceptors (Lipinski definition) is 7. The highest BCUT2D eigenvalue weighted by atomic mass is 35.5. The highest BCUT2D eigenvalue weighted by Crippen LogP contribution is 2.37. The molecule has 10 nitrogen and oxygen atoms in total. The highest BCUT2D eigenvalue weighted by Gasteiger charge is 2.37. The Morgan fingerprint density at radius 1 is 1.03 bits per heavy atom. The molecule has 2 N–H and O–H groups in total. The molecule has 4 rings (SSSR count). The lowest BCUT2D eigenvalue weighted by Gasteiger charge is -2.26. The number of halogens is 1. The number of imide groups is 2. The Hall–Kier alpha value is -4.83. The molecule has 0 unspecified atom stereocenters. The SMILES string of the molecule is COc1cc(/C=C2\C(=O)NC(=O)N(c3ccc(OCc4ccccc4)cc3)C2=O)cc(Cl)c1OCC(=O)O. The number of amides is 4. The fraction of sp³-hybridized carbons (Fsp3) is 0.111. The molecule has 0 radical (unpaired) electrons. The lowest BCUT2D eigenvalue weighted by atomic mass is 10.1. The summed E-state index contributed by atoms with van der Waals surface area (Å²) in [5.74, 6) is -2.34. The number of anilines is 1. The molecule has 0 aliphatic carbocycles. The predicted octanol–water partition coefficient (Wildman–Crippen LogP) is 4.06. The van der Waals surface area contributed by atoms with Crippen LogP contribution in [0.2, 0.25) is 5.02 Å². The number of aliphatic carboxylic acids is 1. The molecule has 3 aromatic rings. The number of ether oxygens (including phenoxy) is 3. The van der Waals surface area contributed by atoms with Gasteiger partial charge in [-0.25, -0.2) is 14.5 Å². The number of carbonyl (C=O) groups excluding carboxylic acids is 3. The zero-order chi connectivity index (χ0) is 27.2. The number of carboxylic acids is 1. The van der Waals surface area contributed by atoms with Gasteiger partial charge >= 0.3 is 12.0 Å². The average Bonchev–Trinajstić information content (AvgIpc) is 2.90. The van der Waals surface area contributed by atoms with Gasteiger partial charge in [0.2, 0.25) is 0 Å². The second-order valence-corrected chi connectivity index (χ2v) is 8.35. The fourth-order valence-corrected chi connectivity index (χ4v) is 3.86. The van der Waals surface area contributed by atoms with E-state index in [0.717, 1.165) is 10.5 Å². The van der Waals surface area contributed by atoms with Crippen LogP contribution in [0.25, 0.3) is 6.08 Å². The van der Waals surface area contributed by atoms with E-state index in [9.17, 15) is 19.2 Å². The van der Waals surface area contributed by atoms with Gasteiger partial charge in [0.25, 0.3) is 11.8 Å². The number of benzene rings is 3. The number of rotatable bonds is 9. The van der Waals surface area contributed by atoms with E-state index in [1.807, 2.05) is 30.3 Å². The molecule has 0 atom stereocenters. The monoisotopic (exact) mass is 536 g/mol. The summed E-state index contributed by atoms with van der Waals surface area (Å²) in [4.78, 5) is 50.0. The van der Waals surface area contributed by atoms with E-state index in [-0.39, 0.29) is 33.3 Å². The van der Waals surface area contributed by atoms with Crippen LogP contribution in [-0.2, 0) is 21.0 Å². The molecule has 0 aromatic heterocycles. The van der Waals surface area contributed by atoms with E-state index in [2.05, 4.69) is 5.32 Å². The normalized spacial score (nSPS) is 14.3. The van der Waals surface area contributed by atoms with Crippen LogP contribution < -0.4 is 24.4 Å².